The molecule has 0 saturated carbocycles. The number of anilines is 3. The summed E-state index contributed by atoms with van der Waals surface area (Å²) in [4.78, 5) is 76.5. The van der Waals surface area contributed by atoms with Crippen LogP contribution in [0, 0.1) is 0 Å². The number of aromatic amines is 1. The van der Waals surface area contributed by atoms with Crippen LogP contribution in [0.3, 0.4) is 0 Å². The summed E-state index contributed by atoms with van der Waals surface area (Å²) in [5.74, 6) is -1.55. The minimum Gasteiger partial charge on any atom is -0.508 e. The molecule has 60 heavy (non-hydrogen) atoms. The van der Waals surface area contributed by atoms with E-state index in [1.807, 2.05) is 0 Å². The van der Waals surface area contributed by atoms with Gasteiger partial charge in [-0.05, 0) is 84.9 Å². The first-order chi connectivity index (χ1) is 28.9. The summed E-state index contributed by atoms with van der Waals surface area (Å²) in [6.07, 6.45) is 2.09. The lowest BCUT2D eigenvalue weighted by molar-refractivity contribution is -0.121. The Balaban J connectivity index is 0.835. The second kappa shape index (κ2) is 17.7. The van der Waals surface area contributed by atoms with Gasteiger partial charge in [0.25, 0.3) is 11.5 Å². The maximum Gasteiger partial charge on any atom is 0.336 e. The summed E-state index contributed by atoms with van der Waals surface area (Å²) in [7, 11) is 0. The van der Waals surface area contributed by atoms with Crippen LogP contribution in [0.2, 0.25) is 0 Å². The van der Waals surface area contributed by atoms with Gasteiger partial charge in [-0.2, -0.15) is 4.98 Å². The molecule has 3 aromatic carbocycles. The number of carbonyl (C=O) groups is 3. The lowest BCUT2D eigenvalue weighted by atomic mass is 9.90. The molecule has 2 amide bonds. The highest BCUT2D eigenvalue weighted by molar-refractivity contribution is 7.80. The lowest BCUT2D eigenvalue weighted by Crippen LogP contribution is -2.36. The molecule has 304 valence electrons. The number of rotatable bonds is 14. The molecule has 7 rings (SSSR count). The maximum absolute atomic E-state index is 12.6. The van der Waals surface area contributed by atoms with Crippen molar-refractivity contribution in [2.75, 3.05) is 36.0 Å². The van der Waals surface area contributed by atoms with E-state index in [4.69, 9.17) is 22.4 Å². The van der Waals surface area contributed by atoms with E-state index >= 15 is 0 Å². The first-order valence-electron chi connectivity index (χ1n) is 18.4. The molecule has 0 radical (unpaired) electrons. The molecule has 19 heteroatoms. The summed E-state index contributed by atoms with van der Waals surface area (Å²) in [5.41, 5.74) is 8.72. The summed E-state index contributed by atoms with van der Waals surface area (Å²) >= 11 is 5.40. The first kappa shape index (κ1) is 40.3. The fourth-order valence-electron chi connectivity index (χ4n) is 6.35. The van der Waals surface area contributed by atoms with E-state index in [0.29, 0.717) is 45.4 Å². The Kier molecular flexibility index (Phi) is 11.9. The Morgan fingerprint density at radius 1 is 0.850 bits per heavy atom. The van der Waals surface area contributed by atoms with Crippen LogP contribution in [0.1, 0.15) is 39.3 Å². The standard InChI is InChI=1S/C41H36N10O8S/c42-40-50-36-35(38(56)51-40)48-24(20-47-36)19-46-22-5-3-21(4-6-22)37(55)44-13-1-2-33(54)43-14-15-45-41(60)49-23-7-10-27(30(16-23)39(57)58)34-28-11-8-25(52)17-31(28)59-32-18-26(53)9-12-29(32)34/h3-12,16-18,20,46,52H,1-2,13-15,19H2,(H,43,54)(H,44,55)(H,57,58)(H2,45,49,60)(H3,42,47,50,51,56). The van der Waals surface area contributed by atoms with E-state index in [9.17, 15) is 34.2 Å². The molecule has 5 aromatic rings. The lowest BCUT2D eigenvalue weighted by Gasteiger charge is -2.18. The van der Waals surface area contributed by atoms with Crippen molar-refractivity contribution in [1.82, 2.24) is 35.9 Å². The molecule has 0 bridgehead atoms. The third kappa shape index (κ3) is 9.43. The number of hydrogen-bond donors (Lipinski definition) is 9. The number of carbonyl (C=O) groups excluding carboxylic acids is 2. The molecule has 10 N–H and O–H groups in total. The maximum atomic E-state index is 12.6. The number of nitrogen functional groups attached to an aromatic ring is 1. The van der Waals surface area contributed by atoms with Gasteiger partial charge in [-0.15, -0.1) is 0 Å². The Hall–Kier alpha value is -7.93. The number of H-pyrrole nitrogens is 1. The minimum atomic E-state index is -1.20. The summed E-state index contributed by atoms with van der Waals surface area (Å²) in [6, 6.07) is 20.3. The van der Waals surface area contributed by atoms with Crippen molar-refractivity contribution in [2.24, 2.45) is 0 Å². The largest absolute Gasteiger partial charge is 0.508 e. The fraction of sp³-hybridized carbons (Fsp3) is 0.146. The number of amides is 2. The Morgan fingerprint density at radius 2 is 1.62 bits per heavy atom. The van der Waals surface area contributed by atoms with Crippen LogP contribution >= 0.6 is 12.2 Å². The number of aromatic hydroxyl groups is 1. The number of fused-ring (bicyclic) bond motifs is 3. The number of aromatic carboxylic acids is 1. The smallest absolute Gasteiger partial charge is 0.336 e. The number of nitrogens with two attached hydrogens (primary N) is 1. The number of hydrogen-bond acceptors (Lipinski definition) is 13. The number of benzene rings is 4. The Bertz CT molecular complexity index is 2880. The van der Waals surface area contributed by atoms with E-state index in [2.05, 4.69) is 46.5 Å². The second-order valence-electron chi connectivity index (χ2n) is 13.4. The molecule has 1 aliphatic heterocycles. The van der Waals surface area contributed by atoms with Crippen LogP contribution < -0.4 is 43.3 Å². The highest BCUT2D eigenvalue weighted by Gasteiger charge is 2.22. The molecule has 2 aliphatic rings. The number of nitrogens with zero attached hydrogens (tertiary/aromatic N) is 3. The molecule has 0 fully saturated rings. The molecule has 3 heterocycles. The van der Waals surface area contributed by atoms with Crippen LogP contribution in [-0.4, -0.2) is 72.7 Å². The number of aromatic nitrogens is 4. The number of thiocarbonyl (C=S) groups is 1. The zero-order valence-corrected chi connectivity index (χ0v) is 32.3. The van der Waals surface area contributed by atoms with E-state index in [0.717, 1.165) is 5.69 Å². The predicted molar refractivity (Wildman–Crippen MR) is 228 cm³/mol. The minimum absolute atomic E-state index is 0.0406. The quantitative estimate of drug-likeness (QED) is 0.0428. The SMILES string of the molecule is Nc1nc2ncc(CNc3ccc(C(=O)NCCCC(=O)NCCNC(=S)Nc4ccc(-c5c6ccc(=O)cc-6oc6cc(O)ccc56)c(C(=O)O)c4)cc3)nc2c(=O)[nH]1. The fourth-order valence-corrected chi connectivity index (χ4v) is 6.57. The molecule has 18 nitrogen and oxygen atoms in total. The van der Waals surface area contributed by atoms with Gasteiger partial charge in [-0.3, -0.25) is 24.2 Å². The Morgan fingerprint density at radius 3 is 2.42 bits per heavy atom. The molecule has 0 atom stereocenters. The summed E-state index contributed by atoms with van der Waals surface area (Å²) < 4.78 is 5.89. The van der Waals surface area contributed by atoms with Gasteiger partial charge < -0.3 is 46.9 Å². The average Bonchev–Trinajstić information content (AvgIpc) is 3.22. The molecular weight excluding hydrogens is 793 g/mol. The second-order valence-corrected chi connectivity index (χ2v) is 13.8. The average molecular weight is 829 g/mol. The van der Waals surface area contributed by atoms with Crippen LogP contribution in [0.5, 0.6) is 5.75 Å². The van der Waals surface area contributed by atoms with Crippen molar-refractivity contribution in [2.45, 2.75) is 19.4 Å². The molecule has 0 saturated heterocycles. The van der Waals surface area contributed by atoms with Gasteiger partial charge in [0.2, 0.25) is 11.9 Å². The first-order valence-corrected chi connectivity index (χ1v) is 18.8. The van der Waals surface area contributed by atoms with Crippen LogP contribution in [0.15, 0.2) is 99.1 Å². The molecule has 2 aromatic heterocycles. The topological polar surface area (TPSA) is 280 Å². The number of nitrogens with one attached hydrogen (secondary N) is 6. The highest BCUT2D eigenvalue weighted by atomic mass is 32.1. The van der Waals surface area contributed by atoms with Crippen molar-refractivity contribution < 1.29 is 29.0 Å². The van der Waals surface area contributed by atoms with Gasteiger partial charge in [-0.1, -0.05) is 6.07 Å². The number of carboxylic acids is 1. The zero-order valence-electron chi connectivity index (χ0n) is 31.5. The molecular formula is C41H36N10O8S. The Labute approximate surface area is 344 Å². The molecule has 1 aliphatic carbocycles. The van der Waals surface area contributed by atoms with Crippen molar-refractivity contribution in [3.8, 4) is 28.2 Å². The van der Waals surface area contributed by atoms with Gasteiger partial charge in [0.05, 0.1) is 24.0 Å². The van der Waals surface area contributed by atoms with Crippen LogP contribution in [0.4, 0.5) is 17.3 Å². The molecule has 0 unspecified atom stereocenters. The number of carboxylic acid groups (broad SMARTS) is 1. The van der Waals surface area contributed by atoms with Gasteiger partial charge in [0.1, 0.15) is 17.1 Å². The van der Waals surface area contributed by atoms with Crippen molar-refractivity contribution in [3.63, 3.8) is 0 Å². The van der Waals surface area contributed by atoms with E-state index in [1.165, 1.54) is 36.5 Å². The predicted octanol–water partition coefficient (Wildman–Crippen LogP) is 3.80. The number of phenolic OH excluding ortho intramolecular Hbond substituents is 1. The van der Waals surface area contributed by atoms with Crippen molar-refractivity contribution in [1.29, 1.82) is 0 Å². The van der Waals surface area contributed by atoms with E-state index < -0.39 is 11.5 Å². The van der Waals surface area contributed by atoms with E-state index in [-0.39, 0.29) is 94.7 Å². The third-order valence-electron chi connectivity index (χ3n) is 9.16. The highest BCUT2D eigenvalue weighted by Crippen LogP contribution is 2.42. The third-order valence-corrected chi connectivity index (χ3v) is 9.41. The monoisotopic (exact) mass is 828 g/mol. The van der Waals surface area contributed by atoms with Crippen LogP contribution in [-0.2, 0) is 11.3 Å². The summed E-state index contributed by atoms with van der Waals surface area (Å²) in [6.45, 7) is 1.10. The van der Waals surface area contributed by atoms with Gasteiger partial charge in [0.15, 0.2) is 21.7 Å². The van der Waals surface area contributed by atoms with E-state index in [1.54, 1.807) is 48.5 Å². The van der Waals surface area contributed by atoms with Gasteiger partial charge in [0, 0.05) is 71.6 Å². The number of phenols is 1. The van der Waals surface area contributed by atoms with Gasteiger partial charge in [-0.25, -0.2) is 14.8 Å². The molecule has 0 spiro atoms. The van der Waals surface area contributed by atoms with Crippen LogP contribution in [0.25, 0.3) is 44.6 Å². The normalized spacial score (nSPS) is 11.0. The van der Waals surface area contributed by atoms with Crippen molar-refractivity contribution >= 4 is 74.6 Å². The zero-order chi connectivity index (χ0) is 42.3. The van der Waals surface area contributed by atoms with Gasteiger partial charge >= 0.3 is 5.97 Å². The summed E-state index contributed by atoms with van der Waals surface area (Å²) in [5, 5.41) is 35.7. The van der Waals surface area contributed by atoms with Crippen molar-refractivity contribution in [3.05, 3.63) is 122 Å².